The molecule has 0 atom stereocenters. The van der Waals surface area contributed by atoms with Crippen LogP contribution < -0.4 is 0 Å². The van der Waals surface area contributed by atoms with Crippen LogP contribution in [0.5, 0.6) is 0 Å². The zero-order valence-electron chi connectivity index (χ0n) is 11.9. The lowest BCUT2D eigenvalue weighted by atomic mass is 10.1. The van der Waals surface area contributed by atoms with Gasteiger partial charge in [0.1, 0.15) is 0 Å². The molecule has 22 heavy (non-hydrogen) atoms. The lowest BCUT2D eigenvalue weighted by molar-refractivity contribution is -0.137. The molecule has 0 unspecified atom stereocenters. The number of thioether (sulfide) groups is 1. The summed E-state index contributed by atoms with van der Waals surface area (Å²) in [4.78, 5) is 17.9. The van der Waals surface area contributed by atoms with E-state index in [2.05, 4.69) is 11.2 Å². The molecule has 110 valence electrons. The van der Waals surface area contributed by atoms with Crippen LogP contribution in [0, 0.1) is 0 Å². The number of oxime groups is 1. The van der Waals surface area contributed by atoms with Crippen molar-refractivity contribution in [2.24, 2.45) is 5.16 Å². The van der Waals surface area contributed by atoms with Crippen LogP contribution in [0.4, 0.5) is 0 Å². The minimum absolute atomic E-state index is 0.466. The molecular weight excluding hydrogens is 294 g/mol. The number of rotatable bonds is 3. The number of hydrogen-bond acceptors (Lipinski definition) is 4. The molecule has 3 rings (SSSR count). The first-order valence-corrected chi connectivity index (χ1v) is 8.05. The lowest BCUT2D eigenvalue weighted by Crippen LogP contribution is -2.11. The van der Waals surface area contributed by atoms with Crippen molar-refractivity contribution >= 4 is 29.5 Å². The van der Waals surface area contributed by atoms with Crippen LogP contribution in [0.3, 0.4) is 0 Å². The first kappa shape index (κ1) is 14.6. The van der Waals surface area contributed by atoms with Crippen LogP contribution in [0.25, 0.3) is 6.08 Å². The zero-order chi connectivity index (χ0) is 15.2. The summed E-state index contributed by atoms with van der Waals surface area (Å²) >= 11 is 1.80. The van der Waals surface area contributed by atoms with Gasteiger partial charge in [-0.3, -0.25) is 0 Å². The van der Waals surface area contributed by atoms with Gasteiger partial charge in [-0.15, -0.1) is 11.8 Å². The Bertz CT molecular complexity index is 723. The van der Waals surface area contributed by atoms with Crippen LogP contribution in [-0.2, 0) is 9.63 Å². The van der Waals surface area contributed by atoms with E-state index in [9.17, 15) is 4.79 Å². The fourth-order valence-corrected chi connectivity index (χ4v) is 3.21. The van der Waals surface area contributed by atoms with E-state index in [-0.39, 0.29) is 0 Å². The van der Waals surface area contributed by atoms with Gasteiger partial charge in [-0.2, -0.15) is 0 Å². The summed E-state index contributed by atoms with van der Waals surface area (Å²) in [6.45, 7) is 0. The molecule has 0 fully saturated rings. The highest BCUT2D eigenvalue weighted by atomic mass is 32.2. The van der Waals surface area contributed by atoms with Gasteiger partial charge in [-0.25, -0.2) is 4.79 Å². The van der Waals surface area contributed by atoms with Gasteiger partial charge < -0.3 is 4.84 Å². The third-order valence-electron chi connectivity index (χ3n) is 3.25. The van der Waals surface area contributed by atoms with Gasteiger partial charge in [0, 0.05) is 28.7 Å². The molecule has 0 saturated carbocycles. The van der Waals surface area contributed by atoms with E-state index < -0.39 is 5.97 Å². The first-order valence-electron chi connectivity index (χ1n) is 7.06. The monoisotopic (exact) mass is 309 g/mol. The molecule has 0 N–H and O–H groups in total. The van der Waals surface area contributed by atoms with Gasteiger partial charge >= 0.3 is 5.97 Å². The average molecular weight is 309 g/mol. The van der Waals surface area contributed by atoms with Crippen LogP contribution in [-0.4, -0.2) is 17.4 Å². The summed E-state index contributed by atoms with van der Waals surface area (Å²) in [7, 11) is 0. The Kier molecular flexibility index (Phi) is 4.71. The number of fused-ring (bicyclic) bond motifs is 1. The molecule has 0 bridgehead atoms. The second kappa shape index (κ2) is 7.09. The summed E-state index contributed by atoms with van der Waals surface area (Å²) in [5, 5.41) is 4.04. The molecule has 0 aromatic heterocycles. The summed E-state index contributed by atoms with van der Waals surface area (Å²) in [5.74, 6) is 0.486. The van der Waals surface area contributed by atoms with E-state index in [0.717, 1.165) is 29.0 Å². The van der Waals surface area contributed by atoms with Gasteiger partial charge in [-0.05, 0) is 17.7 Å². The summed E-state index contributed by atoms with van der Waals surface area (Å²) in [5.41, 5.74) is 2.83. The normalized spacial score (nSPS) is 15.7. The van der Waals surface area contributed by atoms with Gasteiger partial charge in [0.2, 0.25) is 0 Å². The second-order valence-electron chi connectivity index (χ2n) is 4.79. The van der Waals surface area contributed by atoms with Crippen molar-refractivity contribution in [3.05, 3.63) is 71.8 Å². The first-order chi connectivity index (χ1) is 10.8. The Morgan fingerprint density at radius 1 is 1.09 bits per heavy atom. The van der Waals surface area contributed by atoms with Gasteiger partial charge in [-0.1, -0.05) is 53.7 Å². The summed E-state index contributed by atoms with van der Waals surface area (Å²) in [6, 6.07) is 17.7. The van der Waals surface area contributed by atoms with Crippen LogP contribution >= 0.6 is 11.8 Å². The maximum absolute atomic E-state index is 11.7. The molecule has 0 saturated heterocycles. The highest BCUT2D eigenvalue weighted by molar-refractivity contribution is 7.99. The van der Waals surface area contributed by atoms with E-state index in [1.54, 1.807) is 17.8 Å². The molecular formula is C18H15NO2S. The van der Waals surface area contributed by atoms with E-state index in [0.29, 0.717) is 0 Å². The Morgan fingerprint density at radius 3 is 2.73 bits per heavy atom. The minimum atomic E-state index is -0.466. The fourth-order valence-electron chi connectivity index (χ4n) is 2.18. The number of nitrogens with zero attached hydrogens (tertiary/aromatic N) is 1. The van der Waals surface area contributed by atoms with E-state index >= 15 is 0 Å². The molecule has 0 amide bonds. The lowest BCUT2D eigenvalue weighted by Gasteiger charge is -2.15. The van der Waals surface area contributed by atoms with Crippen molar-refractivity contribution in [3.8, 4) is 0 Å². The maximum Gasteiger partial charge on any atom is 0.358 e. The quantitative estimate of drug-likeness (QED) is 0.486. The molecule has 3 nitrogen and oxygen atoms in total. The third-order valence-corrected chi connectivity index (χ3v) is 4.33. The Labute approximate surface area is 133 Å². The van der Waals surface area contributed by atoms with E-state index in [1.165, 1.54) is 11.0 Å². The Balaban J connectivity index is 1.67. The number of carbonyl (C=O) groups is 1. The molecule has 0 aliphatic carbocycles. The van der Waals surface area contributed by atoms with Crippen molar-refractivity contribution in [1.29, 1.82) is 0 Å². The molecule has 1 aliphatic rings. The molecule has 0 spiro atoms. The van der Waals surface area contributed by atoms with E-state index in [1.807, 2.05) is 48.5 Å². The highest BCUT2D eigenvalue weighted by Crippen LogP contribution is 2.29. The van der Waals surface area contributed by atoms with Crippen LogP contribution in [0.2, 0.25) is 0 Å². The van der Waals surface area contributed by atoms with Crippen molar-refractivity contribution in [2.45, 2.75) is 11.3 Å². The molecule has 1 heterocycles. The minimum Gasteiger partial charge on any atom is -0.313 e. The molecule has 2 aromatic rings. The Hall–Kier alpha value is -2.33. The number of carbonyl (C=O) groups excluding carboxylic acids is 1. The maximum atomic E-state index is 11.7. The standard InChI is InChI=1S/C18H15NO2S/c20-18(11-10-14-6-2-1-3-7-14)21-19-16-12-13-22-17-9-5-4-8-15(16)17/h1-11H,12-13H2/b11-10+,19-16?. The SMILES string of the molecule is O=C(/C=C/c1ccccc1)ON=C1CCSc2ccccc21. The topological polar surface area (TPSA) is 38.7 Å². The summed E-state index contributed by atoms with van der Waals surface area (Å²) in [6.07, 6.45) is 3.91. The predicted octanol–water partition coefficient (Wildman–Crippen LogP) is 4.14. The second-order valence-corrected chi connectivity index (χ2v) is 5.92. The van der Waals surface area contributed by atoms with Gasteiger partial charge in [0.05, 0.1) is 5.71 Å². The van der Waals surface area contributed by atoms with Crippen molar-refractivity contribution in [3.63, 3.8) is 0 Å². The summed E-state index contributed by atoms with van der Waals surface area (Å²) < 4.78 is 0. The number of hydrogen-bond donors (Lipinski definition) is 0. The zero-order valence-corrected chi connectivity index (χ0v) is 12.8. The van der Waals surface area contributed by atoms with Gasteiger partial charge in [0.15, 0.2) is 0 Å². The Morgan fingerprint density at radius 2 is 1.86 bits per heavy atom. The van der Waals surface area contributed by atoms with Crippen molar-refractivity contribution in [1.82, 2.24) is 0 Å². The van der Waals surface area contributed by atoms with Crippen molar-refractivity contribution in [2.75, 3.05) is 5.75 Å². The molecule has 1 aliphatic heterocycles. The fraction of sp³-hybridized carbons (Fsp3) is 0.111. The molecule has 4 heteroatoms. The van der Waals surface area contributed by atoms with Crippen LogP contribution in [0.15, 0.2) is 70.7 Å². The van der Waals surface area contributed by atoms with E-state index in [4.69, 9.17) is 4.84 Å². The largest absolute Gasteiger partial charge is 0.358 e. The molecule has 2 aromatic carbocycles. The smallest absolute Gasteiger partial charge is 0.313 e. The van der Waals surface area contributed by atoms with Gasteiger partial charge in [0.25, 0.3) is 0 Å². The third kappa shape index (κ3) is 3.65. The molecule has 0 radical (unpaired) electrons. The predicted molar refractivity (Wildman–Crippen MR) is 89.9 cm³/mol. The average Bonchev–Trinajstić information content (AvgIpc) is 2.59. The highest BCUT2D eigenvalue weighted by Gasteiger charge is 2.16. The van der Waals surface area contributed by atoms with Crippen LogP contribution in [0.1, 0.15) is 17.5 Å². The number of benzene rings is 2. The van der Waals surface area contributed by atoms with Crippen molar-refractivity contribution < 1.29 is 9.63 Å².